The Bertz CT molecular complexity index is 2180. The Morgan fingerprint density at radius 1 is 0.391 bits per heavy atom. The smallest absolute Gasteiger partial charge is 0.160 e. The third-order valence-corrected chi connectivity index (χ3v) is 7.54. The molecule has 1 heterocycles. The molecule has 0 bridgehead atoms. The van der Waals surface area contributed by atoms with E-state index < -0.39 is 23.3 Å². The molecule has 0 spiro atoms. The van der Waals surface area contributed by atoms with Gasteiger partial charge in [-0.15, -0.1) is 0 Å². The first kappa shape index (κ1) is 28.9. The summed E-state index contributed by atoms with van der Waals surface area (Å²) in [6.07, 6.45) is 0. The summed E-state index contributed by atoms with van der Waals surface area (Å²) in [4.78, 5) is 11.5. The van der Waals surface area contributed by atoms with E-state index in [-0.39, 0.29) is 5.82 Å². The van der Waals surface area contributed by atoms with E-state index in [0.29, 0.717) is 61.7 Å². The lowest BCUT2D eigenvalue weighted by molar-refractivity contribution is 0.584. The zero-order valence-corrected chi connectivity index (χ0v) is 23.9. The van der Waals surface area contributed by atoms with Crippen molar-refractivity contribution in [2.24, 2.45) is 0 Å². The first-order valence-corrected chi connectivity index (χ1v) is 14.3. The Morgan fingerprint density at radius 2 is 0.957 bits per heavy atom. The van der Waals surface area contributed by atoms with Gasteiger partial charge in [-0.05, 0) is 126 Å². The zero-order valence-electron chi connectivity index (χ0n) is 23.9. The summed E-state index contributed by atoms with van der Waals surface area (Å²) < 4.78 is 69.9. The molecule has 0 aliphatic rings. The zero-order chi connectivity index (χ0) is 31.8. The van der Waals surface area contributed by atoms with E-state index in [1.54, 1.807) is 54.6 Å². The van der Waals surface area contributed by atoms with Gasteiger partial charge in [0.25, 0.3) is 0 Å². The van der Waals surface area contributed by atoms with Gasteiger partial charge in [0.1, 0.15) is 29.1 Å². The van der Waals surface area contributed by atoms with Gasteiger partial charge in [-0.2, -0.15) is 0 Å². The van der Waals surface area contributed by atoms with Crippen LogP contribution >= 0.6 is 0 Å². The first-order chi connectivity index (χ1) is 22.3. The number of nitrogens with zero attached hydrogens (tertiary/aromatic N) is 3. The first-order valence-electron chi connectivity index (χ1n) is 14.3. The van der Waals surface area contributed by atoms with E-state index in [0.717, 1.165) is 6.07 Å². The van der Waals surface area contributed by atoms with Crippen LogP contribution in [0.4, 0.5) is 39.0 Å². The van der Waals surface area contributed by atoms with Gasteiger partial charge in [-0.25, -0.2) is 31.9 Å². The van der Waals surface area contributed by atoms with E-state index in [1.807, 2.05) is 29.2 Å². The number of halogens is 5. The molecule has 0 amide bonds. The maximum atomic E-state index is 14.1. The molecule has 224 valence electrons. The number of anilines is 3. The molecule has 0 aliphatic carbocycles. The molecular weight excluding hydrogens is 593 g/mol. The molecule has 1 aromatic heterocycles. The summed E-state index contributed by atoms with van der Waals surface area (Å²) in [6, 6.07) is 33.7. The van der Waals surface area contributed by atoms with Crippen LogP contribution in [0, 0.1) is 29.1 Å². The van der Waals surface area contributed by atoms with Crippen molar-refractivity contribution in [3.05, 3.63) is 163 Å². The monoisotopic (exact) mass is 615 g/mol. The molecule has 7 aromatic rings. The van der Waals surface area contributed by atoms with Crippen LogP contribution in [0.15, 0.2) is 133 Å². The number of aromatic nitrogens is 2. The predicted octanol–water partition coefficient (Wildman–Crippen LogP) is 10.8. The second-order valence-corrected chi connectivity index (χ2v) is 10.6. The van der Waals surface area contributed by atoms with E-state index in [2.05, 4.69) is 0 Å². The van der Waals surface area contributed by atoms with Gasteiger partial charge in [-0.1, -0.05) is 12.1 Å². The third kappa shape index (κ3) is 5.80. The molecule has 0 aliphatic heterocycles. The van der Waals surface area contributed by atoms with Gasteiger partial charge in [0, 0.05) is 39.6 Å². The van der Waals surface area contributed by atoms with Gasteiger partial charge in [-0.3, -0.25) is 0 Å². The molecule has 8 heteroatoms. The summed E-state index contributed by atoms with van der Waals surface area (Å²) >= 11 is 0. The summed E-state index contributed by atoms with van der Waals surface area (Å²) in [6.45, 7) is 0. The van der Waals surface area contributed by atoms with Crippen molar-refractivity contribution in [1.29, 1.82) is 0 Å². The van der Waals surface area contributed by atoms with E-state index in [1.165, 1.54) is 48.5 Å². The molecule has 0 saturated carbocycles. The summed E-state index contributed by atoms with van der Waals surface area (Å²) in [5.41, 5.74) is 5.20. The highest BCUT2D eigenvalue weighted by Crippen LogP contribution is 2.39. The average molecular weight is 616 g/mol. The molecular formula is C38H22F5N3. The standard InChI is InChI=1S/C38H22F5N3/c39-27-8-4-23(5-9-27)37-35-22-34(16-17-36(35)44-38(45-37)24-6-10-28(40)11-7-24)46(32-14-12-29(41)13-15-32)33-3-1-2-25(20-33)26-18-30(42)21-31(43)19-26/h1-22H. The van der Waals surface area contributed by atoms with E-state index in [4.69, 9.17) is 9.97 Å². The van der Waals surface area contributed by atoms with Crippen molar-refractivity contribution >= 4 is 28.0 Å². The second kappa shape index (κ2) is 11.9. The molecule has 0 fully saturated rings. The van der Waals surface area contributed by atoms with Crippen molar-refractivity contribution < 1.29 is 22.0 Å². The van der Waals surface area contributed by atoms with Crippen molar-refractivity contribution in [3.63, 3.8) is 0 Å². The number of hydrogen-bond donors (Lipinski definition) is 0. The maximum absolute atomic E-state index is 14.1. The Kier molecular flexibility index (Phi) is 7.46. The van der Waals surface area contributed by atoms with Crippen molar-refractivity contribution in [2.75, 3.05) is 4.90 Å². The highest BCUT2D eigenvalue weighted by Gasteiger charge is 2.18. The van der Waals surface area contributed by atoms with Gasteiger partial charge in [0.2, 0.25) is 0 Å². The van der Waals surface area contributed by atoms with Crippen molar-refractivity contribution in [1.82, 2.24) is 9.97 Å². The quantitative estimate of drug-likeness (QED) is 0.174. The molecule has 0 unspecified atom stereocenters. The molecule has 6 aromatic carbocycles. The highest BCUT2D eigenvalue weighted by atomic mass is 19.1. The van der Waals surface area contributed by atoms with Gasteiger partial charge < -0.3 is 4.90 Å². The number of rotatable bonds is 6. The Hall–Kier alpha value is -5.89. The fourth-order valence-corrected chi connectivity index (χ4v) is 5.39. The minimum Gasteiger partial charge on any atom is -0.310 e. The molecule has 3 nitrogen and oxygen atoms in total. The normalized spacial score (nSPS) is 11.2. The largest absolute Gasteiger partial charge is 0.310 e. The van der Waals surface area contributed by atoms with Crippen LogP contribution in [0.3, 0.4) is 0 Å². The van der Waals surface area contributed by atoms with Crippen LogP contribution in [0.1, 0.15) is 0 Å². The lowest BCUT2D eigenvalue weighted by Gasteiger charge is -2.26. The minimum absolute atomic E-state index is 0.359. The topological polar surface area (TPSA) is 29.0 Å². The number of hydrogen-bond acceptors (Lipinski definition) is 3. The van der Waals surface area contributed by atoms with Crippen LogP contribution in [-0.2, 0) is 0 Å². The SMILES string of the molecule is Fc1ccc(-c2nc(-c3ccc(F)cc3)c3cc(N(c4ccc(F)cc4)c4cccc(-c5cc(F)cc(F)c5)c4)ccc3n2)cc1. The third-order valence-electron chi connectivity index (χ3n) is 7.54. The van der Waals surface area contributed by atoms with E-state index in [9.17, 15) is 22.0 Å². The lowest BCUT2D eigenvalue weighted by atomic mass is 10.0. The Labute approximate surface area is 260 Å². The Morgan fingerprint density at radius 3 is 1.61 bits per heavy atom. The van der Waals surface area contributed by atoms with Gasteiger partial charge in [0.05, 0.1) is 11.2 Å². The fourth-order valence-electron chi connectivity index (χ4n) is 5.39. The molecule has 46 heavy (non-hydrogen) atoms. The minimum atomic E-state index is -0.696. The van der Waals surface area contributed by atoms with Crippen LogP contribution in [-0.4, -0.2) is 9.97 Å². The molecule has 7 rings (SSSR count). The predicted molar refractivity (Wildman–Crippen MR) is 170 cm³/mol. The number of benzene rings is 6. The lowest BCUT2D eigenvalue weighted by Crippen LogP contribution is -2.10. The summed E-state index contributed by atoms with van der Waals surface area (Å²) in [5.74, 6) is -2.23. The van der Waals surface area contributed by atoms with Crippen molar-refractivity contribution in [3.8, 4) is 33.8 Å². The van der Waals surface area contributed by atoms with Crippen LogP contribution in [0.2, 0.25) is 0 Å². The van der Waals surface area contributed by atoms with Gasteiger partial charge >= 0.3 is 0 Å². The molecule has 0 atom stereocenters. The molecule has 0 N–H and O–H groups in total. The summed E-state index contributed by atoms with van der Waals surface area (Å²) in [5, 5.41) is 0.644. The van der Waals surface area contributed by atoms with E-state index >= 15 is 0 Å². The van der Waals surface area contributed by atoms with Gasteiger partial charge in [0.15, 0.2) is 5.82 Å². The Balaban J connectivity index is 1.43. The highest BCUT2D eigenvalue weighted by molar-refractivity contribution is 5.97. The summed E-state index contributed by atoms with van der Waals surface area (Å²) in [7, 11) is 0. The van der Waals surface area contributed by atoms with Crippen molar-refractivity contribution in [2.45, 2.75) is 0 Å². The van der Waals surface area contributed by atoms with Crippen LogP contribution < -0.4 is 4.90 Å². The molecule has 0 radical (unpaired) electrons. The van der Waals surface area contributed by atoms with Crippen LogP contribution in [0.5, 0.6) is 0 Å². The fraction of sp³-hybridized carbons (Fsp3) is 0. The van der Waals surface area contributed by atoms with Crippen LogP contribution in [0.25, 0.3) is 44.7 Å². The average Bonchev–Trinajstić information content (AvgIpc) is 3.06. The number of fused-ring (bicyclic) bond motifs is 1. The second-order valence-electron chi connectivity index (χ2n) is 10.6. The maximum Gasteiger partial charge on any atom is 0.160 e. The molecule has 0 saturated heterocycles.